The van der Waals surface area contributed by atoms with Gasteiger partial charge in [-0.15, -0.1) is 0 Å². The molecule has 0 aliphatic heterocycles. The van der Waals surface area contributed by atoms with E-state index in [1.807, 2.05) is 0 Å². The van der Waals surface area contributed by atoms with E-state index in [0.29, 0.717) is 11.4 Å². The standard InChI is InChI=1S/C15H15NO4/c16-12-3-7-14(8-4-12)19-10-15(18)20-9-11-1-5-13(17)6-2-11/h1-8,17H,9-10,16H2. The third-order valence-electron chi connectivity index (χ3n) is 2.57. The summed E-state index contributed by atoms with van der Waals surface area (Å²) in [6.07, 6.45) is 0. The molecule has 2 rings (SSSR count). The maximum atomic E-state index is 11.5. The van der Waals surface area contributed by atoms with Gasteiger partial charge in [-0.3, -0.25) is 0 Å². The maximum Gasteiger partial charge on any atom is 0.344 e. The van der Waals surface area contributed by atoms with Crippen molar-refractivity contribution in [3.63, 3.8) is 0 Å². The van der Waals surface area contributed by atoms with Crippen LogP contribution in [-0.2, 0) is 16.1 Å². The molecular weight excluding hydrogens is 258 g/mol. The zero-order valence-electron chi connectivity index (χ0n) is 10.8. The first-order valence-corrected chi connectivity index (χ1v) is 6.05. The number of rotatable bonds is 5. The van der Waals surface area contributed by atoms with Gasteiger partial charge in [0.25, 0.3) is 0 Å². The van der Waals surface area contributed by atoms with E-state index in [4.69, 9.17) is 20.3 Å². The van der Waals surface area contributed by atoms with E-state index in [-0.39, 0.29) is 19.0 Å². The number of anilines is 1. The molecule has 0 atom stereocenters. The summed E-state index contributed by atoms with van der Waals surface area (Å²) in [6, 6.07) is 13.2. The number of phenols is 1. The summed E-state index contributed by atoms with van der Waals surface area (Å²) < 4.78 is 10.3. The second-order valence-electron chi connectivity index (χ2n) is 4.18. The highest BCUT2D eigenvalue weighted by Crippen LogP contribution is 2.13. The number of ether oxygens (including phenoxy) is 2. The summed E-state index contributed by atoms with van der Waals surface area (Å²) in [5, 5.41) is 9.13. The molecule has 0 radical (unpaired) electrons. The highest BCUT2D eigenvalue weighted by molar-refractivity contribution is 5.71. The summed E-state index contributed by atoms with van der Waals surface area (Å²) in [5.41, 5.74) is 6.97. The lowest BCUT2D eigenvalue weighted by molar-refractivity contribution is -0.147. The lowest BCUT2D eigenvalue weighted by Crippen LogP contribution is -2.14. The van der Waals surface area contributed by atoms with E-state index >= 15 is 0 Å². The summed E-state index contributed by atoms with van der Waals surface area (Å²) in [6.45, 7) is -0.0216. The van der Waals surface area contributed by atoms with Crippen LogP contribution in [0.25, 0.3) is 0 Å². The van der Waals surface area contributed by atoms with E-state index in [1.165, 1.54) is 12.1 Å². The number of benzene rings is 2. The highest BCUT2D eigenvalue weighted by atomic mass is 16.6. The van der Waals surface area contributed by atoms with E-state index in [1.54, 1.807) is 36.4 Å². The number of carbonyl (C=O) groups excluding carboxylic acids is 1. The monoisotopic (exact) mass is 273 g/mol. The van der Waals surface area contributed by atoms with Crippen LogP contribution in [0.4, 0.5) is 5.69 Å². The molecule has 0 heterocycles. The topological polar surface area (TPSA) is 81.8 Å². The Morgan fingerprint density at radius 1 is 1.05 bits per heavy atom. The van der Waals surface area contributed by atoms with Crippen molar-refractivity contribution in [1.82, 2.24) is 0 Å². The summed E-state index contributed by atoms with van der Waals surface area (Å²) in [4.78, 5) is 11.5. The van der Waals surface area contributed by atoms with Crippen molar-refractivity contribution < 1.29 is 19.4 Å². The average molecular weight is 273 g/mol. The highest BCUT2D eigenvalue weighted by Gasteiger charge is 2.05. The lowest BCUT2D eigenvalue weighted by Gasteiger charge is -2.07. The minimum Gasteiger partial charge on any atom is -0.508 e. The molecule has 5 nitrogen and oxygen atoms in total. The predicted molar refractivity (Wildman–Crippen MR) is 74.3 cm³/mol. The third kappa shape index (κ3) is 4.20. The van der Waals surface area contributed by atoms with E-state index < -0.39 is 5.97 Å². The van der Waals surface area contributed by atoms with Crippen LogP contribution in [0, 0.1) is 0 Å². The van der Waals surface area contributed by atoms with Crippen LogP contribution in [0.3, 0.4) is 0 Å². The van der Waals surface area contributed by atoms with Gasteiger partial charge in [0, 0.05) is 5.69 Å². The summed E-state index contributed by atoms with van der Waals surface area (Å²) >= 11 is 0. The Morgan fingerprint density at radius 2 is 1.70 bits per heavy atom. The van der Waals surface area contributed by atoms with Crippen molar-refractivity contribution in [2.75, 3.05) is 12.3 Å². The fourth-order valence-corrected chi connectivity index (χ4v) is 1.50. The number of hydrogen-bond acceptors (Lipinski definition) is 5. The largest absolute Gasteiger partial charge is 0.508 e. The summed E-state index contributed by atoms with van der Waals surface area (Å²) in [7, 11) is 0. The van der Waals surface area contributed by atoms with Crippen LogP contribution in [0.1, 0.15) is 5.56 Å². The van der Waals surface area contributed by atoms with Gasteiger partial charge >= 0.3 is 5.97 Å². The Bertz CT molecular complexity index is 512. The number of carbonyl (C=O) groups is 1. The van der Waals surface area contributed by atoms with Crippen molar-refractivity contribution in [2.24, 2.45) is 0 Å². The molecule has 3 N–H and O–H groups in total. The Morgan fingerprint density at radius 3 is 2.35 bits per heavy atom. The van der Waals surface area contributed by atoms with Gasteiger partial charge in [-0.25, -0.2) is 4.79 Å². The number of hydrogen-bond donors (Lipinski definition) is 2. The zero-order valence-corrected chi connectivity index (χ0v) is 10.8. The molecule has 0 aliphatic carbocycles. The Kier molecular flexibility index (Phi) is 4.44. The van der Waals surface area contributed by atoms with Crippen molar-refractivity contribution in [3.05, 3.63) is 54.1 Å². The number of esters is 1. The lowest BCUT2D eigenvalue weighted by atomic mass is 10.2. The predicted octanol–water partition coefficient (Wildman–Crippen LogP) is 2.10. The van der Waals surface area contributed by atoms with Crippen LogP contribution < -0.4 is 10.5 Å². The number of aromatic hydroxyl groups is 1. The second-order valence-corrected chi connectivity index (χ2v) is 4.18. The van der Waals surface area contributed by atoms with Crippen LogP contribution in [0.15, 0.2) is 48.5 Å². The molecule has 104 valence electrons. The Balaban J connectivity index is 1.75. The van der Waals surface area contributed by atoms with E-state index in [9.17, 15) is 4.79 Å². The number of nitrogen functional groups attached to an aromatic ring is 1. The molecule has 0 saturated heterocycles. The number of phenolic OH excluding ortho intramolecular Hbond substituents is 1. The SMILES string of the molecule is Nc1ccc(OCC(=O)OCc2ccc(O)cc2)cc1. The van der Waals surface area contributed by atoms with E-state index in [2.05, 4.69) is 0 Å². The molecule has 2 aromatic rings. The maximum absolute atomic E-state index is 11.5. The van der Waals surface area contributed by atoms with Gasteiger partial charge in [-0.1, -0.05) is 12.1 Å². The molecule has 0 aliphatic rings. The number of nitrogens with two attached hydrogens (primary N) is 1. The Hall–Kier alpha value is -2.69. The van der Waals surface area contributed by atoms with Gasteiger partial charge in [0.15, 0.2) is 6.61 Å². The fraction of sp³-hybridized carbons (Fsp3) is 0.133. The van der Waals surface area contributed by atoms with Gasteiger partial charge in [0.1, 0.15) is 18.1 Å². The fourth-order valence-electron chi connectivity index (χ4n) is 1.50. The molecule has 0 saturated carbocycles. The van der Waals surface area contributed by atoms with Crippen molar-refractivity contribution >= 4 is 11.7 Å². The molecule has 0 unspecified atom stereocenters. The van der Waals surface area contributed by atoms with Gasteiger partial charge in [-0.05, 0) is 42.0 Å². The van der Waals surface area contributed by atoms with Crippen molar-refractivity contribution in [1.29, 1.82) is 0 Å². The molecule has 0 fully saturated rings. The minimum absolute atomic E-state index is 0.143. The quantitative estimate of drug-likeness (QED) is 0.644. The summed E-state index contributed by atoms with van der Waals surface area (Å²) in [5.74, 6) is 0.266. The van der Waals surface area contributed by atoms with Crippen molar-refractivity contribution in [2.45, 2.75) is 6.61 Å². The first-order valence-electron chi connectivity index (χ1n) is 6.05. The molecular formula is C15H15NO4. The van der Waals surface area contributed by atoms with Gasteiger partial charge in [-0.2, -0.15) is 0 Å². The molecule has 5 heteroatoms. The third-order valence-corrected chi connectivity index (χ3v) is 2.57. The van der Waals surface area contributed by atoms with Gasteiger partial charge in [0.05, 0.1) is 0 Å². The minimum atomic E-state index is -0.463. The van der Waals surface area contributed by atoms with Crippen LogP contribution in [-0.4, -0.2) is 17.7 Å². The first kappa shape index (κ1) is 13.7. The van der Waals surface area contributed by atoms with Gasteiger partial charge in [0.2, 0.25) is 0 Å². The molecule has 0 aromatic heterocycles. The van der Waals surface area contributed by atoms with Crippen molar-refractivity contribution in [3.8, 4) is 11.5 Å². The molecule has 0 amide bonds. The normalized spacial score (nSPS) is 10.0. The average Bonchev–Trinajstić information content (AvgIpc) is 2.46. The molecule has 2 aromatic carbocycles. The van der Waals surface area contributed by atoms with Crippen LogP contribution in [0.2, 0.25) is 0 Å². The van der Waals surface area contributed by atoms with E-state index in [0.717, 1.165) is 5.56 Å². The van der Waals surface area contributed by atoms with Gasteiger partial charge < -0.3 is 20.3 Å². The smallest absolute Gasteiger partial charge is 0.344 e. The zero-order chi connectivity index (χ0) is 14.4. The molecule has 0 bridgehead atoms. The first-order chi connectivity index (χ1) is 9.63. The molecule has 20 heavy (non-hydrogen) atoms. The second kappa shape index (κ2) is 6.47. The Labute approximate surface area is 116 Å². The van der Waals surface area contributed by atoms with Crippen LogP contribution >= 0.6 is 0 Å². The van der Waals surface area contributed by atoms with Crippen LogP contribution in [0.5, 0.6) is 11.5 Å². The molecule has 0 spiro atoms.